The summed E-state index contributed by atoms with van der Waals surface area (Å²) in [5.74, 6) is -0.946. The number of benzene rings is 1. The number of hydrogen-bond acceptors (Lipinski definition) is 3. The summed E-state index contributed by atoms with van der Waals surface area (Å²) >= 11 is 3.28. The molecule has 18 heavy (non-hydrogen) atoms. The lowest BCUT2D eigenvalue weighted by molar-refractivity contribution is 0.0697. The van der Waals surface area contributed by atoms with E-state index in [1.54, 1.807) is 12.1 Å². The number of carbonyl (C=O) groups is 1. The van der Waals surface area contributed by atoms with Crippen molar-refractivity contribution in [3.8, 4) is 0 Å². The van der Waals surface area contributed by atoms with E-state index in [0.717, 1.165) is 15.7 Å². The van der Waals surface area contributed by atoms with Crippen LogP contribution in [0.25, 0.3) is 0 Å². The monoisotopic (exact) mass is 313 g/mol. The van der Waals surface area contributed by atoms with Gasteiger partial charge in [-0.2, -0.15) is 0 Å². The SMILES string of the molecule is C=C(C)COCCNc1cc(Br)cc(C(=O)O)c1. The van der Waals surface area contributed by atoms with Crippen molar-refractivity contribution in [1.29, 1.82) is 0 Å². The van der Waals surface area contributed by atoms with Crippen LogP contribution in [0.2, 0.25) is 0 Å². The zero-order chi connectivity index (χ0) is 13.5. The number of nitrogens with one attached hydrogen (secondary N) is 1. The van der Waals surface area contributed by atoms with Crippen LogP contribution in [0.3, 0.4) is 0 Å². The molecule has 0 aromatic heterocycles. The van der Waals surface area contributed by atoms with Gasteiger partial charge < -0.3 is 15.2 Å². The Labute approximate surface area is 115 Å². The van der Waals surface area contributed by atoms with E-state index < -0.39 is 5.97 Å². The molecular weight excluding hydrogens is 298 g/mol. The molecule has 98 valence electrons. The van der Waals surface area contributed by atoms with Gasteiger partial charge in [0.1, 0.15) is 0 Å². The molecule has 0 amide bonds. The molecule has 1 aromatic carbocycles. The van der Waals surface area contributed by atoms with Crippen LogP contribution in [0.1, 0.15) is 17.3 Å². The second kappa shape index (κ2) is 7.18. The number of hydrogen-bond donors (Lipinski definition) is 2. The topological polar surface area (TPSA) is 58.6 Å². The van der Waals surface area contributed by atoms with Gasteiger partial charge in [0.15, 0.2) is 0 Å². The summed E-state index contributed by atoms with van der Waals surface area (Å²) in [5, 5.41) is 12.0. The van der Waals surface area contributed by atoms with Gasteiger partial charge in [0.2, 0.25) is 0 Å². The first-order valence-electron chi connectivity index (χ1n) is 5.49. The minimum Gasteiger partial charge on any atom is -0.478 e. The quantitative estimate of drug-likeness (QED) is 0.599. The van der Waals surface area contributed by atoms with E-state index in [-0.39, 0.29) is 5.56 Å². The van der Waals surface area contributed by atoms with E-state index in [1.165, 1.54) is 0 Å². The zero-order valence-corrected chi connectivity index (χ0v) is 11.8. The standard InChI is InChI=1S/C13H16BrNO3/c1-9(2)8-18-4-3-15-12-6-10(13(16)17)5-11(14)7-12/h5-7,15H,1,3-4,8H2,2H3,(H,16,17). The van der Waals surface area contributed by atoms with Crippen LogP contribution in [0.4, 0.5) is 5.69 Å². The Morgan fingerprint density at radius 2 is 2.22 bits per heavy atom. The van der Waals surface area contributed by atoms with Crippen molar-refractivity contribution in [2.75, 3.05) is 25.1 Å². The Morgan fingerprint density at radius 3 is 2.83 bits per heavy atom. The maximum absolute atomic E-state index is 10.9. The molecule has 0 radical (unpaired) electrons. The fourth-order valence-corrected chi connectivity index (χ4v) is 1.82. The Bertz CT molecular complexity index is 446. The van der Waals surface area contributed by atoms with E-state index in [2.05, 4.69) is 27.8 Å². The molecule has 1 aromatic rings. The van der Waals surface area contributed by atoms with E-state index in [9.17, 15) is 4.79 Å². The fourth-order valence-electron chi connectivity index (χ4n) is 1.33. The van der Waals surface area contributed by atoms with Gasteiger partial charge in [-0.15, -0.1) is 0 Å². The molecule has 0 aliphatic carbocycles. The molecule has 0 spiro atoms. The van der Waals surface area contributed by atoms with Crippen LogP contribution >= 0.6 is 15.9 Å². The molecule has 0 bridgehead atoms. The zero-order valence-electron chi connectivity index (χ0n) is 10.2. The fraction of sp³-hybridized carbons (Fsp3) is 0.308. The molecule has 5 heteroatoms. The van der Waals surface area contributed by atoms with Gasteiger partial charge in [-0.25, -0.2) is 4.79 Å². The van der Waals surface area contributed by atoms with Crippen molar-refractivity contribution in [2.24, 2.45) is 0 Å². The summed E-state index contributed by atoms with van der Waals surface area (Å²) < 4.78 is 6.06. The third kappa shape index (κ3) is 5.33. The maximum Gasteiger partial charge on any atom is 0.335 e. The van der Waals surface area contributed by atoms with Crippen molar-refractivity contribution < 1.29 is 14.6 Å². The van der Waals surface area contributed by atoms with E-state index >= 15 is 0 Å². The average Bonchev–Trinajstić information content (AvgIpc) is 2.27. The molecule has 0 aliphatic rings. The lowest BCUT2D eigenvalue weighted by atomic mass is 10.2. The van der Waals surface area contributed by atoms with E-state index in [0.29, 0.717) is 19.8 Å². The molecule has 0 saturated carbocycles. The first kappa shape index (κ1) is 14.7. The normalized spacial score (nSPS) is 10.1. The van der Waals surface area contributed by atoms with Gasteiger partial charge in [-0.3, -0.25) is 0 Å². The van der Waals surface area contributed by atoms with Gasteiger partial charge in [0, 0.05) is 16.7 Å². The molecule has 0 atom stereocenters. The van der Waals surface area contributed by atoms with Gasteiger partial charge in [0.25, 0.3) is 0 Å². The third-order valence-electron chi connectivity index (χ3n) is 2.07. The number of halogens is 1. The lowest BCUT2D eigenvalue weighted by Crippen LogP contribution is -2.10. The molecule has 2 N–H and O–H groups in total. The Balaban J connectivity index is 2.47. The predicted octanol–water partition coefficient (Wildman–Crippen LogP) is 3.15. The highest BCUT2D eigenvalue weighted by Crippen LogP contribution is 2.19. The minimum absolute atomic E-state index is 0.245. The second-order valence-electron chi connectivity index (χ2n) is 3.97. The van der Waals surface area contributed by atoms with Crippen LogP contribution in [-0.2, 0) is 4.74 Å². The highest BCUT2D eigenvalue weighted by molar-refractivity contribution is 9.10. The van der Waals surface area contributed by atoms with Gasteiger partial charge in [-0.1, -0.05) is 28.1 Å². The van der Waals surface area contributed by atoms with Crippen LogP contribution in [-0.4, -0.2) is 30.8 Å². The first-order valence-corrected chi connectivity index (χ1v) is 6.28. The molecular formula is C13H16BrNO3. The number of carboxylic acid groups (broad SMARTS) is 1. The number of aromatic carboxylic acids is 1. The summed E-state index contributed by atoms with van der Waals surface area (Å²) in [7, 11) is 0. The first-order chi connectivity index (χ1) is 8.49. The van der Waals surface area contributed by atoms with Crippen LogP contribution in [0, 0.1) is 0 Å². The van der Waals surface area contributed by atoms with Gasteiger partial charge in [-0.05, 0) is 25.1 Å². The van der Waals surface area contributed by atoms with Crippen molar-refractivity contribution in [3.05, 3.63) is 40.4 Å². The summed E-state index contributed by atoms with van der Waals surface area (Å²) in [4.78, 5) is 10.9. The highest BCUT2D eigenvalue weighted by atomic mass is 79.9. The van der Waals surface area contributed by atoms with Crippen LogP contribution in [0.15, 0.2) is 34.8 Å². The molecule has 0 fully saturated rings. The summed E-state index contributed by atoms with van der Waals surface area (Å²) in [6.45, 7) is 7.34. The Hall–Kier alpha value is -1.33. The predicted molar refractivity (Wildman–Crippen MR) is 75.2 cm³/mol. The van der Waals surface area contributed by atoms with Crippen molar-refractivity contribution >= 4 is 27.6 Å². The third-order valence-corrected chi connectivity index (χ3v) is 2.53. The molecule has 0 unspecified atom stereocenters. The molecule has 0 saturated heterocycles. The lowest BCUT2D eigenvalue weighted by Gasteiger charge is -2.08. The Morgan fingerprint density at radius 1 is 1.50 bits per heavy atom. The highest BCUT2D eigenvalue weighted by Gasteiger charge is 2.05. The van der Waals surface area contributed by atoms with Gasteiger partial charge >= 0.3 is 5.97 Å². The number of anilines is 1. The summed E-state index contributed by atoms with van der Waals surface area (Å²) in [6.07, 6.45) is 0. The smallest absolute Gasteiger partial charge is 0.335 e. The molecule has 1 rings (SSSR count). The average molecular weight is 314 g/mol. The van der Waals surface area contributed by atoms with Crippen molar-refractivity contribution in [1.82, 2.24) is 0 Å². The van der Waals surface area contributed by atoms with E-state index in [1.807, 2.05) is 13.0 Å². The van der Waals surface area contributed by atoms with Crippen molar-refractivity contribution in [2.45, 2.75) is 6.92 Å². The summed E-state index contributed by atoms with van der Waals surface area (Å²) in [5.41, 5.74) is 1.97. The second-order valence-corrected chi connectivity index (χ2v) is 4.89. The number of rotatable bonds is 7. The minimum atomic E-state index is -0.946. The maximum atomic E-state index is 10.9. The van der Waals surface area contributed by atoms with Crippen molar-refractivity contribution in [3.63, 3.8) is 0 Å². The number of ether oxygens (including phenoxy) is 1. The van der Waals surface area contributed by atoms with Crippen LogP contribution in [0.5, 0.6) is 0 Å². The molecule has 0 aliphatic heterocycles. The number of carboxylic acids is 1. The van der Waals surface area contributed by atoms with E-state index in [4.69, 9.17) is 9.84 Å². The molecule has 0 heterocycles. The Kier molecular flexibility index (Phi) is 5.88. The van der Waals surface area contributed by atoms with Gasteiger partial charge in [0.05, 0.1) is 18.8 Å². The summed E-state index contributed by atoms with van der Waals surface area (Å²) in [6, 6.07) is 4.97. The molecule has 4 nitrogen and oxygen atoms in total. The largest absolute Gasteiger partial charge is 0.478 e. The van der Waals surface area contributed by atoms with Crippen LogP contribution < -0.4 is 5.32 Å².